The first-order valence-electron chi connectivity index (χ1n) is 3.73. The zero-order chi connectivity index (χ0) is 10.1. The van der Waals surface area contributed by atoms with Crippen molar-refractivity contribution >= 4 is 5.88 Å². The fourth-order valence-electron chi connectivity index (χ4n) is 0.974. The van der Waals surface area contributed by atoms with Crippen molar-refractivity contribution in [3.8, 4) is 0 Å². The number of anilines is 1. The highest BCUT2D eigenvalue weighted by Gasteiger charge is 2.30. The molecule has 0 atom stereocenters. The Hall–Kier alpha value is -1.13. The Morgan fingerprint density at radius 2 is 2.00 bits per heavy atom. The normalized spacial score (nSPS) is 11.8. The number of hydrogen-bond donors (Lipinski definition) is 0. The van der Waals surface area contributed by atoms with Gasteiger partial charge >= 0.3 is 6.18 Å². The van der Waals surface area contributed by atoms with Gasteiger partial charge in [-0.05, 0) is 13.0 Å². The zero-order valence-electron chi connectivity index (χ0n) is 7.35. The molecule has 5 heteroatoms. The van der Waals surface area contributed by atoms with E-state index in [0.29, 0.717) is 5.76 Å². The van der Waals surface area contributed by atoms with Crippen molar-refractivity contribution in [2.24, 2.45) is 0 Å². The average Bonchev–Trinajstić information content (AvgIpc) is 2.31. The molecule has 0 aliphatic heterocycles. The summed E-state index contributed by atoms with van der Waals surface area (Å²) in [6, 6.07) is 3.14. The zero-order valence-corrected chi connectivity index (χ0v) is 7.35. The lowest BCUT2D eigenvalue weighted by Crippen LogP contribution is -2.30. The SMILES string of the molecule is Cc1ccc(N(C)CC(F)(F)F)o1. The molecule has 74 valence electrons. The van der Waals surface area contributed by atoms with E-state index in [1.807, 2.05) is 0 Å². The molecule has 0 N–H and O–H groups in total. The summed E-state index contributed by atoms with van der Waals surface area (Å²) in [5.41, 5.74) is 0. The first-order chi connectivity index (χ1) is 5.88. The van der Waals surface area contributed by atoms with Gasteiger partial charge in [-0.2, -0.15) is 13.2 Å². The van der Waals surface area contributed by atoms with Crippen LogP contribution in [0.1, 0.15) is 5.76 Å². The summed E-state index contributed by atoms with van der Waals surface area (Å²) in [6.07, 6.45) is -4.20. The molecule has 1 rings (SSSR count). The standard InChI is InChI=1S/C8H10F3NO/c1-6-3-4-7(13-6)12(2)5-8(9,10)11/h3-4H,5H2,1-2H3. The molecule has 1 aromatic heterocycles. The maximum absolute atomic E-state index is 11.9. The number of halogens is 3. The Bertz CT molecular complexity index is 279. The van der Waals surface area contributed by atoms with Gasteiger partial charge in [0.15, 0.2) is 5.88 Å². The highest BCUT2D eigenvalue weighted by molar-refractivity contribution is 5.35. The lowest BCUT2D eigenvalue weighted by Gasteiger charge is -2.17. The number of nitrogens with zero attached hydrogens (tertiary/aromatic N) is 1. The average molecular weight is 193 g/mol. The molecule has 0 aromatic carbocycles. The van der Waals surface area contributed by atoms with E-state index in [4.69, 9.17) is 4.42 Å². The highest BCUT2D eigenvalue weighted by atomic mass is 19.4. The van der Waals surface area contributed by atoms with E-state index in [2.05, 4.69) is 0 Å². The molecule has 0 spiro atoms. The first kappa shape index (κ1) is 9.95. The van der Waals surface area contributed by atoms with Crippen LogP contribution in [0, 0.1) is 6.92 Å². The third-order valence-corrected chi connectivity index (χ3v) is 1.52. The minimum atomic E-state index is -4.20. The minimum Gasteiger partial charge on any atom is -0.446 e. The number of furan rings is 1. The molecule has 0 bridgehead atoms. The molecule has 1 heterocycles. The molecule has 0 fully saturated rings. The van der Waals surface area contributed by atoms with Gasteiger partial charge in [-0.3, -0.25) is 0 Å². The molecule has 13 heavy (non-hydrogen) atoms. The van der Waals surface area contributed by atoms with Crippen molar-refractivity contribution in [1.29, 1.82) is 0 Å². The molecule has 0 unspecified atom stereocenters. The molecule has 1 aromatic rings. The Balaban J connectivity index is 2.64. The Morgan fingerprint density at radius 3 is 2.38 bits per heavy atom. The lowest BCUT2D eigenvalue weighted by molar-refractivity contribution is -0.119. The maximum atomic E-state index is 11.9. The van der Waals surface area contributed by atoms with Gasteiger partial charge in [0, 0.05) is 13.1 Å². The van der Waals surface area contributed by atoms with Gasteiger partial charge < -0.3 is 9.32 Å². The predicted octanol–water partition coefficient (Wildman–Crippen LogP) is 2.59. The lowest BCUT2D eigenvalue weighted by atomic mass is 10.5. The van der Waals surface area contributed by atoms with Crippen LogP contribution in [-0.2, 0) is 0 Å². The van der Waals surface area contributed by atoms with E-state index in [-0.39, 0.29) is 5.88 Å². The van der Waals surface area contributed by atoms with Crippen LogP contribution < -0.4 is 4.90 Å². The summed E-state index contributed by atoms with van der Waals surface area (Å²) < 4.78 is 40.8. The summed E-state index contributed by atoms with van der Waals surface area (Å²) in [6.45, 7) is 0.685. The molecule has 0 saturated heterocycles. The quantitative estimate of drug-likeness (QED) is 0.717. The second kappa shape index (κ2) is 3.32. The molecule has 2 nitrogen and oxygen atoms in total. The Morgan fingerprint density at radius 1 is 1.38 bits per heavy atom. The third-order valence-electron chi connectivity index (χ3n) is 1.52. The van der Waals surface area contributed by atoms with Crippen LogP contribution in [0.3, 0.4) is 0 Å². The number of rotatable bonds is 2. The van der Waals surface area contributed by atoms with Crippen molar-refractivity contribution in [1.82, 2.24) is 0 Å². The van der Waals surface area contributed by atoms with Gasteiger partial charge in [0.05, 0.1) is 0 Å². The summed E-state index contributed by atoms with van der Waals surface area (Å²) in [5.74, 6) is 0.832. The largest absolute Gasteiger partial charge is 0.446 e. The van der Waals surface area contributed by atoms with Crippen molar-refractivity contribution in [2.45, 2.75) is 13.1 Å². The molecule has 0 aliphatic carbocycles. The van der Waals surface area contributed by atoms with Crippen LogP contribution in [0.2, 0.25) is 0 Å². The Labute approximate surface area is 73.9 Å². The predicted molar refractivity (Wildman–Crippen MR) is 42.8 cm³/mol. The molecule has 0 saturated carbocycles. The fourth-order valence-corrected chi connectivity index (χ4v) is 0.974. The van der Waals surface area contributed by atoms with E-state index in [0.717, 1.165) is 4.90 Å². The minimum absolute atomic E-state index is 0.231. The van der Waals surface area contributed by atoms with Gasteiger partial charge in [0.2, 0.25) is 0 Å². The van der Waals surface area contributed by atoms with E-state index in [9.17, 15) is 13.2 Å². The van der Waals surface area contributed by atoms with Gasteiger partial charge in [-0.25, -0.2) is 0 Å². The molecule has 0 radical (unpaired) electrons. The van der Waals surface area contributed by atoms with E-state index >= 15 is 0 Å². The second-order valence-electron chi connectivity index (χ2n) is 2.86. The summed E-state index contributed by atoms with van der Waals surface area (Å²) in [5, 5.41) is 0. The van der Waals surface area contributed by atoms with Crippen molar-refractivity contribution < 1.29 is 17.6 Å². The summed E-state index contributed by atoms with van der Waals surface area (Å²) in [7, 11) is 1.34. The number of alkyl halides is 3. The monoisotopic (exact) mass is 193 g/mol. The van der Waals surface area contributed by atoms with E-state index in [1.54, 1.807) is 13.0 Å². The molecular weight excluding hydrogens is 183 g/mol. The van der Waals surface area contributed by atoms with Crippen LogP contribution >= 0.6 is 0 Å². The van der Waals surface area contributed by atoms with E-state index in [1.165, 1.54) is 13.1 Å². The fraction of sp³-hybridized carbons (Fsp3) is 0.500. The molecule has 0 amide bonds. The van der Waals surface area contributed by atoms with Crippen molar-refractivity contribution in [2.75, 3.05) is 18.5 Å². The van der Waals surface area contributed by atoms with Crippen LogP contribution in [0.15, 0.2) is 16.5 Å². The number of aryl methyl sites for hydroxylation is 1. The van der Waals surface area contributed by atoms with Crippen molar-refractivity contribution in [3.05, 3.63) is 17.9 Å². The summed E-state index contributed by atoms with van der Waals surface area (Å²) >= 11 is 0. The second-order valence-corrected chi connectivity index (χ2v) is 2.86. The van der Waals surface area contributed by atoms with Crippen LogP contribution in [-0.4, -0.2) is 19.8 Å². The Kier molecular flexibility index (Phi) is 2.54. The van der Waals surface area contributed by atoms with Crippen LogP contribution in [0.4, 0.5) is 19.1 Å². The smallest absolute Gasteiger partial charge is 0.406 e. The molecular formula is C8H10F3NO. The van der Waals surface area contributed by atoms with E-state index < -0.39 is 12.7 Å². The van der Waals surface area contributed by atoms with Crippen LogP contribution in [0.5, 0.6) is 0 Å². The number of hydrogen-bond acceptors (Lipinski definition) is 2. The maximum Gasteiger partial charge on any atom is 0.406 e. The van der Waals surface area contributed by atoms with Gasteiger partial charge in [-0.15, -0.1) is 0 Å². The van der Waals surface area contributed by atoms with Gasteiger partial charge in [-0.1, -0.05) is 0 Å². The van der Waals surface area contributed by atoms with Gasteiger partial charge in [0.25, 0.3) is 0 Å². The van der Waals surface area contributed by atoms with Crippen molar-refractivity contribution in [3.63, 3.8) is 0 Å². The third kappa shape index (κ3) is 3.01. The highest BCUT2D eigenvalue weighted by Crippen LogP contribution is 2.22. The topological polar surface area (TPSA) is 16.4 Å². The van der Waals surface area contributed by atoms with Gasteiger partial charge in [0.1, 0.15) is 12.3 Å². The summed E-state index contributed by atoms with van der Waals surface area (Å²) in [4.78, 5) is 1.02. The molecule has 0 aliphatic rings. The van der Waals surface area contributed by atoms with Crippen LogP contribution in [0.25, 0.3) is 0 Å². The first-order valence-corrected chi connectivity index (χ1v) is 3.73.